The number of hydrogen-bond acceptors (Lipinski definition) is 4. The lowest BCUT2D eigenvalue weighted by atomic mass is 9.94. The van der Waals surface area contributed by atoms with E-state index in [9.17, 15) is 0 Å². The van der Waals surface area contributed by atoms with Gasteiger partial charge in [0.25, 0.3) is 5.89 Å². The average molecular weight is 487 g/mol. The summed E-state index contributed by atoms with van der Waals surface area (Å²) >= 11 is 12.0. The Morgan fingerprint density at radius 1 is 1.03 bits per heavy atom. The van der Waals surface area contributed by atoms with Gasteiger partial charge in [-0.25, -0.2) is 0 Å². The topological polar surface area (TPSA) is 54.2 Å². The molecule has 1 unspecified atom stereocenters. The van der Waals surface area contributed by atoms with Crippen molar-refractivity contribution in [3.63, 3.8) is 0 Å². The molecule has 2 heterocycles. The first-order chi connectivity index (χ1) is 16.5. The van der Waals surface area contributed by atoms with Crippen LogP contribution in [0.2, 0.25) is 5.02 Å². The summed E-state index contributed by atoms with van der Waals surface area (Å²) in [6, 6.07) is 25.7. The number of thiocarbonyl (C=S) groups is 1. The van der Waals surface area contributed by atoms with Gasteiger partial charge in [-0.1, -0.05) is 78.3 Å². The highest BCUT2D eigenvalue weighted by Gasteiger charge is 2.34. The van der Waals surface area contributed by atoms with Crippen molar-refractivity contribution in [2.24, 2.45) is 0 Å². The van der Waals surface area contributed by atoms with Crippen LogP contribution < -0.4 is 10.2 Å². The monoisotopic (exact) mass is 486 g/mol. The number of aromatic nitrogens is 2. The van der Waals surface area contributed by atoms with Gasteiger partial charge in [-0.15, -0.1) is 0 Å². The van der Waals surface area contributed by atoms with Crippen molar-refractivity contribution < 1.29 is 4.52 Å². The third-order valence-electron chi connectivity index (χ3n) is 5.96. The van der Waals surface area contributed by atoms with E-state index in [0.29, 0.717) is 21.9 Å². The highest BCUT2D eigenvalue weighted by molar-refractivity contribution is 7.80. The van der Waals surface area contributed by atoms with Gasteiger partial charge in [0.05, 0.1) is 11.6 Å². The van der Waals surface area contributed by atoms with Crippen LogP contribution in [0, 0.1) is 0 Å². The van der Waals surface area contributed by atoms with Gasteiger partial charge in [-0.05, 0) is 61.0 Å². The molecule has 0 bridgehead atoms. The molecule has 7 heteroatoms. The predicted molar refractivity (Wildman–Crippen MR) is 141 cm³/mol. The van der Waals surface area contributed by atoms with Gasteiger partial charge in [0.15, 0.2) is 5.11 Å². The summed E-state index contributed by atoms with van der Waals surface area (Å²) in [6.45, 7) is 4.18. The van der Waals surface area contributed by atoms with E-state index in [0.717, 1.165) is 34.5 Å². The van der Waals surface area contributed by atoms with Crippen LogP contribution >= 0.6 is 23.8 Å². The molecule has 170 valence electrons. The maximum atomic E-state index is 6.17. The largest absolute Gasteiger partial charge is 0.351 e. The van der Waals surface area contributed by atoms with E-state index in [1.807, 2.05) is 54.3 Å². The zero-order chi connectivity index (χ0) is 23.7. The first-order valence-corrected chi connectivity index (χ1v) is 11.9. The van der Waals surface area contributed by atoms with Crippen LogP contribution in [0.5, 0.6) is 0 Å². The van der Waals surface area contributed by atoms with Gasteiger partial charge in [0.1, 0.15) is 0 Å². The smallest absolute Gasteiger partial charge is 0.258 e. The van der Waals surface area contributed by atoms with Gasteiger partial charge in [-0.2, -0.15) is 4.98 Å². The number of aryl methyl sites for hydroxylation is 1. The first-order valence-electron chi connectivity index (χ1n) is 11.1. The van der Waals surface area contributed by atoms with E-state index in [4.69, 9.17) is 33.3 Å². The minimum Gasteiger partial charge on any atom is -0.351 e. The third kappa shape index (κ3) is 4.22. The quantitative estimate of drug-likeness (QED) is 0.312. The van der Waals surface area contributed by atoms with Crippen LogP contribution in [0.4, 0.5) is 5.69 Å². The molecule has 4 aromatic rings. The molecule has 1 aliphatic rings. The Balaban J connectivity index is 1.64. The summed E-state index contributed by atoms with van der Waals surface area (Å²) in [4.78, 5) is 6.77. The van der Waals surface area contributed by atoms with E-state index in [1.54, 1.807) is 0 Å². The molecule has 1 N–H and O–H groups in total. The standard InChI is InChI=1S/C27H23ClN4OS/c1-3-18-12-14-22(15-13-18)32-17(2)23(24(29-27(32)34)19-8-5-4-6-9-19)26-30-25(31-33-26)20-10-7-11-21(28)16-20/h4-16,24H,3H2,1-2H3,(H,29,34). The van der Waals surface area contributed by atoms with Crippen LogP contribution in [-0.2, 0) is 6.42 Å². The van der Waals surface area contributed by atoms with E-state index >= 15 is 0 Å². The van der Waals surface area contributed by atoms with Gasteiger partial charge in [0.2, 0.25) is 5.82 Å². The maximum absolute atomic E-state index is 6.17. The number of nitrogens with zero attached hydrogens (tertiary/aromatic N) is 3. The number of halogens is 1. The fourth-order valence-corrected chi connectivity index (χ4v) is 4.74. The average Bonchev–Trinajstić information content (AvgIpc) is 3.34. The SMILES string of the molecule is CCc1ccc(N2C(=S)NC(c3ccccc3)C(c3nc(-c4cccc(Cl)c4)no3)=C2C)cc1. The summed E-state index contributed by atoms with van der Waals surface area (Å²) in [7, 11) is 0. The molecule has 34 heavy (non-hydrogen) atoms. The minimum absolute atomic E-state index is 0.229. The molecular weight excluding hydrogens is 464 g/mol. The fraction of sp³-hybridized carbons (Fsp3) is 0.148. The Morgan fingerprint density at radius 2 is 1.79 bits per heavy atom. The van der Waals surface area contributed by atoms with Crippen molar-refractivity contribution in [2.75, 3.05) is 4.90 Å². The number of benzene rings is 3. The molecule has 0 aliphatic carbocycles. The molecule has 0 spiro atoms. The van der Waals surface area contributed by atoms with Crippen LogP contribution in [-0.4, -0.2) is 15.3 Å². The van der Waals surface area contributed by atoms with Crippen molar-refractivity contribution in [3.8, 4) is 11.4 Å². The molecule has 0 saturated carbocycles. The van der Waals surface area contributed by atoms with Crippen molar-refractivity contribution in [1.29, 1.82) is 0 Å². The predicted octanol–water partition coefficient (Wildman–Crippen LogP) is 6.82. The Morgan fingerprint density at radius 3 is 2.50 bits per heavy atom. The van der Waals surface area contributed by atoms with Crippen molar-refractivity contribution in [3.05, 3.63) is 107 Å². The summed E-state index contributed by atoms with van der Waals surface area (Å²) in [5.74, 6) is 0.920. The Labute approximate surface area is 209 Å². The molecule has 5 rings (SSSR count). The molecule has 1 aliphatic heterocycles. The zero-order valence-corrected chi connectivity index (χ0v) is 20.4. The molecule has 5 nitrogen and oxygen atoms in total. The minimum atomic E-state index is -0.229. The zero-order valence-electron chi connectivity index (χ0n) is 18.8. The second-order valence-electron chi connectivity index (χ2n) is 8.08. The molecule has 0 amide bonds. The van der Waals surface area contributed by atoms with E-state index in [2.05, 4.69) is 53.8 Å². The summed E-state index contributed by atoms with van der Waals surface area (Å²) in [5.41, 5.74) is 5.91. The summed E-state index contributed by atoms with van der Waals surface area (Å²) in [5, 5.41) is 8.98. The molecule has 0 saturated heterocycles. The molecule has 0 radical (unpaired) electrons. The van der Waals surface area contributed by atoms with Gasteiger partial charge in [-0.3, -0.25) is 4.90 Å². The third-order valence-corrected chi connectivity index (χ3v) is 6.50. The maximum Gasteiger partial charge on any atom is 0.258 e. The van der Waals surface area contributed by atoms with Crippen molar-refractivity contribution >= 4 is 40.2 Å². The number of rotatable bonds is 5. The Bertz CT molecular complexity index is 1360. The molecular formula is C27H23ClN4OS. The normalized spacial score (nSPS) is 16.0. The van der Waals surface area contributed by atoms with Crippen molar-refractivity contribution in [2.45, 2.75) is 26.3 Å². The van der Waals surface area contributed by atoms with E-state index in [-0.39, 0.29) is 6.04 Å². The Hall–Kier alpha value is -3.48. The van der Waals surface area contributed by atoms with Gasteiger partial charge < -0.3 is 9.84 Å². The van der Waals surface area contributed by atoms with E-state index in [1.165, 1.54) is 5.56 Å². The Kier molecular flexibility index (Phi) is 6.18. The molecule has 3 aromatic carbocycles. The second kappa shape index (κ2) is 9.41. The highest BCUT2D eigenvalue weighted by atomic mass is 35.5. The first kappa shape index (κ1) is 22.3. The number of nitrogens with one attached hydrogen (secondary N) is 1. The molecule has 1 aromatic heterocycles. The summed E-state index contributed by atoms with van der Waals surface area (Å²) in [6.07, 6.45) is 0.980. The van der Waals surface area contributed by atoms with Crippen LogP contribution in [0.15, 0.2) is 89.1 Å². The fourth-order valence-electron chi connectivity index (χ4n) is 4.18. The highest BCUT2D eigenvalue weighted by Crippen LogP contribution is 2.39. The van der Waals surface area contributed by atoms with Crippen LogP contribution in [0.3, 0.4) is 0 Å². The number of allylic oxidation sites excluding steroid dienone is 1. The van der Waals surface area contributed by atoms with Crippen LogP contribution in [0.1, 0.15) is 36.9 Å². The number of hydrogen-bond donors (Lipinski definition) is 1. The lowest BCUT2D eigenvalue weighted by Crippen LogP contribution is -2.46. The lowest BCUT2D eigenvalue weighted by molar-refractivity contribution is 0.404. The van der Waals surface area contributed by atoms with Gasteiger partial charge in [0, 0.05) is 22.0 Å². The van der Waals surface area contributed by atoms with E-state index < -0.39 is 0 Å². The van der Waals surface area contributed by atoms with Crippen LogP contribution in [0.25, 0.3) is 17.0 Å². The molecule has 0 fully saturated rings. The van der Waals surface area contributed by atoms with Gasteiger partial charge >= 0.3 is 0 Å². The summed E-state index contributed by atoms with van der Waals surface area (Å²) < 4.78 is 5.80. The second-order valence-corrected chi connectivity index (χ2v) is 8.90. The lowest BCUT2D eigenvalue weighted by Gasteiger charge is -2.37. The molecule has 1 atom stereocenters. The van der Waals surface area contributed by atoms with Crippen molar-refractivity contribution in [1.82, 2.24) is 15.5 Å². The number of anilines is 1.